The number of nitrogens with one attached hydrogen (secondary N) is 1. The van der Waals surface area contributed by atoms with Crippen molar-refractivity contribution in [1.29, 1.82) is 0 Å². The molecule has 0 spiro atoms. The van der Waals surface area contributed by atoms with Crippen LogP contribution in [0.1, 0.15) is 11.1 Å². The van der Waals surface area contributed by atoms with Crippen molar-refractivity contribution in [1.82, 2.24) is 5.32 Å². The highest BCUT2D eigenvalue weighted by Gasteiger charge is 2.04. The fraction of sp³-hybridized carbons (Fsp3) is 0.235. The molecule has 0 aliphatic heterocycles. The van der Waals surface area contributed by atoms with Crippen LogP contribution < -0.4 is 5.32 Å². The molecule has 0 saturated heterocycles. The summed E-state index contributed by atoms with van der Waals surface area (Å²) in [4.78, 5) is 11.8. The molecule has 0 unspecified atom stereocenters. The lowest BCUT2D eigenvalue weighted by Crippen LogP contribution is -2.27. The van der Waals surface area contributed by atoms with Gasteiger partial charge in [-0.15, -0.1) is 0 Å². The van der Waals surface area contributed by atoms with Crippen molar-refractivity contribution in [3.8, 4) is 0 Å². The van der Waals surface area contributed by atoms with Crippen LogP contribution in [0.15, 0.2) is 48.5 Å². The van der Waals surface area contributed by atoms with Gasteiger partial charge >= 0.3 is 0 Å². The van der Waals surface area contributed by atoms with E-state index >= 15 is 0 Å². The summed E-state index contributed by atoms with van der Waals surface area (Å²) in [5.74, 6) is 1.72. The zero-order valence-corrected chi connectivity index (χ0v) is 14.3. The molecule has 0 atom stereocenters. The van der Waals surface area contributed by atoms with E-state index in [1.165, 1.54) is 0 Å². The molecule has 116 valence electrons. The van der Waals surface area contributed by atoms with E-state index in [-0.39, 0.29) is 5.91 Å². The molecule has 5 heteroatoms. The van der Waals surface area contributed by atoms with E-state index in [9.17, 15) is 4.79 Å². The van der Waals surface area contributed by atoms with Crippen molar-refractivity contribution in [2.75, 3.05) is 12.3 Å². The number of hydrogen-bond donors (Lipinski definition) is 1. The molecule has 2 rings (SSSR count). The molecule has 1 N–H and O–H groups in total. The minimum absolute atomic E-state index is 0.0145. The van der Waals surface area contributed by atoms with Gasteiger partial charge in [-0.25, -0.2) is 0 Å². The topological polar surface area (TPSA) is 29.1 Å². The van der Waals surface area contributed by atoms with Crippen LogP contribution in [-0.2, 0) is 17.0 Å². The number of thioether (sulfide) groups is 1. The number of rotatable bonds is 7. The van der Waals surface area contributed by atoms with Crippen molar-refractivity contribution >= 4 is 40.9 Å². The van der Waals surface area contributed by atoms with Gasteiger partial charge in [0.1, 0.15) is 0 Å². The van der Waals surface area contributed by atoms with E-state index in [0.29, 0.717) is 18.0 Å². The van der Waals surface area contributed by atoms with Crippen molar-refractivity contribution in [2.24, 2.45) is 0 Å². The second kappa shape index (κ2) is 9.09. The van der Waals surface area contributed by atoms with Crippen LogP contribution >= 0.6 is 35.0 Å². The summed E-state index contributed by atoms with van der Waals surface area (Å²) in [7, 11) is 0. The van der Waals surface area contributed by atoms with Gasteiger partial charge in [-0.1, -0.05) is 53.5 Å². The number of carbonyl (C=O) groups is 1. The number of hydrogen-bond acceptors (Lipinski definition) is 2. The molecule has 2 nitrogen and oxygen atoms in total. The molecule has 22 heavy (non-hydrogen) atoms. The highest BCUT2D eigenvalue weighted by atomic mass is 35.5. The van der Waals surface area contributed by atoms with Gasteiger partial charge in [0, 0.05) is 28.1 Å². The van der Waals surface area contributed by atoms with E-state index < -0.39 is 0 Å². The molecule has 0 saturated carbocycles. The lowest BCUT2D eigenvalue weighted by Gasteiger charge is -2.06. The molecular weight excluding hydrogens is 337 g/mol. The molecule has 0 fully saturated rings. The summed E-state index contributed by atoms with van der Waals surface area (Å²) >= 11 is 13.7. The van der Waals surface area contributed by atoms with E-state index in [1.807, 2.05) is 42.5 Å². The predicted molar refractivity (Wildman–Crippen MR) is 95.8 cm³/mol. The van der Waals surface area contributed by atoms with Crippen LogP contribution in [-0.4, -0.2) is 18.2 Å². The summed E-state index contributed by atoms with van der Waals surface area (Å²) < 4.78 is 0. The number of benzene rings is 2. The van der Waals surface area contributed by atoms with Gasteiger partial charge in [-0.05, 0) is 29.3 Å². The molecular formula is C17H17Cl2NOS. The molecule has 0 aliphatic carbocycles. The normalized spacial score (nSPS) is 10.5. The predicted octanol–water partition coefficient (Wildman–Crippen LogP) is 4.59. The molecule has 2 aromatic carbocycles. The minimum atomic E-state index is 0.0145. The Balaban J connectivity index is 1.64. The largest absolute Gasteiger partial charge is 0.355 e. The van der Waals surface area contributed by atoms with Gasteiger partial charge in [-0.3, -0.25) is 4.79 Å². The Morgan fingerprint density at radius 1 is 1.09 bits per heavy atom. The third-order valence-corrected chi connectivity index (χ3v) is 4.65. The van der Waals surface area contributed by atoms with Crippen molar-refractivity contribution in [2.45, 2.75) is 12.2 Å². The Kier molecular flexibility index (Phi) is 7.10. The Morgan fingerprint density at radius 3 is 2.68 bits per heavy atom. The van der Waals surface area contributed by atoms with Crippen molar-refractivity contribution < 1.29 is 4.79 Å². The summed E-state index contributed by atoms with van der Waals surface area (Å²) in [6, 6.07) is 15.2. The quantitative estimate of drug-likeness (QED) is 0.737. The SMILES string of the molecule is O=C(Cc1cccc(Cl)c1)NCCSCc1ccccc1Cl. The fourth-order valence-corrected chi connectivity index (χ4v) is 3.31. The van der Waals surface area contributed by atoms with Gasteiger partial charge in [-0.2, -0.15) is 11.8 Å². The Morgan fingerprint density at radius 2 is 1.91 bits per heavy atom. The van der Waals surface area contributed by atoms with Crippen LogP contribution in [0.2, 0.25) is 10.0 Å². The Bertz CT molecular complexity index is 634. The summed E-state index contributed by atoms with van der Waals surface area (Å²) in [6.45, 7) is 0.647. The second-order valence-electron chi connectivity index (χ2n) is 4.80. The summed E-state index contributed by atoms with van der Waals surface area (Å²) in [6.07, 6.45) is 0.357. The van der Waals surface area contributed by atoms with Gasteiger partial charge in [0.25, 0.3) is 0 Å². The maximum Gasteiger partial charge on any atom is 0.224 e. The molecule has 0 bridgehead atoms. The first-order chi connectivity index (χ1) is 10.6. The first kappa shape index (κ1) is 17.2. The fourth-order valence-electron chi connectivity index (χ4n) is 1.96. The summed E-state index contributed by atoms with van der Waals surface area (Å²) in [5, 5.41) is 4.36. The standard InChI is InChI=1S/C17H17Cl2NOS/c18-15-6-3-4-13(10-15)11-17(21)20-8-9-22-12-14-5-1-2-7-16(14)19/h1-7,10H,8-9,11-12H2,(H,20,21). The van der Waals surface area contributed by atoms with Gasteiger partial charge < -0.3 is 5.32 Å². The van der Waals surface area contributed by atoms with E-state index in [0.717, 1.165) is 27.7 Å². The second-order valence-corrected chi connectivity index (χ2v) is 6.75. The Hall–Kier alpha value is -1.16. The van der Waals surface area contributed by atoms with E-state index in [1.54, 1.807) is 17.8 Å². The summed E-state index contributed by atoms with van der Waals surface area (Å²) in [5.41, 5.74) is 2.05. The van der Waals surface area contributed by atoms with Crippen molar-refractivity contribution in [3.63, 3.8) is 0 Å². The number of amides is 1. The highest BCUT2D eigenvalue weighted by molar-refractivity contribution is 7.98. The van der Waals surface area contributed by atoms with Crippen LogP contribution in [0.5, 0.6) is 0 Å². The lowest BCUT2D eigenvalue weighted by atomic mass is 10.1. The van der Waals surface area contributed by atoms with Crippen molar-refractivity contribution in [3.05, 3.63) is 69.7 Å². The van der Waals surface area contributed by atoms with Gasteiger partial charge in [0.2, 0.25) is 5.91 Å². The zero-order chi connectivity index (χ0) is 15.8. The first-order valence-corrected chi connectivity index (χ1v) is 8.88. The molecule has 0 heterocycles. The lowest BCUT2D eigenvalue weighted by molar-refractivity contribution is -0.120. The third-order valence-electron chi connectivity index (χ3n) is 3.04. The zero-order valence-electron chi connectivity index (χ0n) is 12.0. The molecule has 0 aliphatic rings. The number of carbonyl (C=O) groups excluding carboxylic acids is 1. The van der Waals surface area contributed by atoms with Crippen LogP contribution in [0, 0.1) is 0 Å². The minimum Gasteiger partial charge on any atom is -0.355 e. The van der Waals surface area contributed by atoms with E-state index in [2.05, 4.69) is 5.32 Å². The highest BCUT2D eigenvalue weighted by Crippen LogP contribution is 2.20. The average Bonchev–Trinajstić information content (AvgIpc) is 2.48. The molecule has 2 aromatic rings. The monoisotopic (exact) mass is 353 g/mol. The van der Waals surface area contributed by atoms with Crippen LogP contribution in [0.25, 0.3) is 0 Å². The average molecular weight is 354 g/mol. The maximum absolute atomic E-state index is 11.8. The molecule has 0 aromatic heterocycles. The molecule has 0 radical (unpaired) electrons. The maximum atomic E-state index is 11.8. The molecule has 1 amide bonds. The Labute approximate surface area is 145 Å². The van der Waals surface area contributed by atoms with E-state index in [4.69, 9.17) is 23.2 Å². The third kappa shape index (κ3) is 5.91. The van der Waals surface area contributed by atoms with Gasteiger partial charge in [0.15, 0.2) is 0 Å². The number of halogens is 2. The first-order valence-electron chi connectivity index (χ1n) is 6.97. The van der Waals surface area contributed by atoms with Gasteiger partial charge in [0.05, 0.1) is 6.42 Å². The van der Waals surface area contributed by atoms with Crippen LogP contribution in [0.3, 0.4) is 0 Å². The van der Waals surface area contributed by atoms with Crippen LogP contribution in [0.4, 0.5) is 0 Å². The smallest absolute Gasteiger partial charge is 0.224 e.